The van der Waals surface area contributed by atoms with Gasteiger partial charge in [0.25, 0.3) is 0 Å². The number of hydroxylamine groups is 2. The minimum absolute atomic E-state index is 0.177. The molecule has 0 aliphatic heterocycles. The molecule has 1 aromatic rings. The first-order chi connectivity index (χ1) is 9.97. The molecule has 0 radical (unpaired) electrons. The number of nitrogens with zero attached hydrogens (tertiary/aromatic N) is 1. The monoisotopic (exact) mass is 330 g/mol. The van der Waals surface area contributed by atoms with Crippen molar-refractivity contribution in [2.24, 2.45) is 0 Å². The molecule has 0 atom stereocenters. The van der Waals surface area contributed by atoms with Crippen molar-refractivity contribution in [1.29, 1.82) is 0 Å². The second-order valence-electron chi connectivity index (χ2n) is 4.16. The van der Waals surface area contributed by atoms with E-state index in [9.17, 15) is 4.79 Å². The van der Waals surface area contributed by atoms with E-state index in [1.54, 1.807) is 13.0 Å². The predicted octanol–water partition coefficient (Wildman–Crippen LogP) is 3.16. The Balaban J connectivity index is 2.60. The minimum atomic E-state index is -0.429. The fraction of sp³-hybridized carbons (Fsp3) is 0.429. The van der Waals surface area contributed by atoms with E-state index in [-0.39, 0.29) is 6.61 Å². The van der Waals surface area contributed by atoms with Crippen LogP contribution in [0.3, 0.4) is 0 Å². The maximum atomic E-state index is 11.3. The number of benzene rings is 1. The summed E-state index contributed by atoms with van der Waals surface area (Å²) in [7, 11) is 0. The number of halogens is 1. The standard InChI is InChI=1S/C14H19ClN2O3S/c1-4-17(20-9-13(18)19-5-2)14(21)16-12-7-6-11(15)8-10(12)3/h6-8H,4-5,9H2,1-3H3,(H,16,21). The molecule has 7 heteroatoms. The molecular weight excluding hydrogens is 312 g/mol. The van der Waals surface area contributed by atoms with Gasteiger partial charge in [0, 0.05) is 17.3 Å². The molecule has 0 heterocycles. The number of aryl methyl sites for hydroxylation is 1. The van der Waals surface area contributed by atoms with Crippen molar-refractivity contribution >= 4 is 40.6 Å². The number of nitrogens with one attached hydrogen (secondary N) is 1. The highest BCUT2D eigenvalue weighted by Gasteiger charge is 2.12. The second kappa shape index (κ2) is 8.81. The second-order valence-corrected chi connectivity index (χ2v) is 4.99. The van der Waals surface area contributed by atoms with E-state index in [1.165, 1.54) is 5.06 Å². The molecule has 5 nitrogen and oxygen atoms in total. The molecule has 0 fully saturated rings. The number of ether oxygens (including phenoxy) is 1. The summed E-state index contributed by atoms with van der Waals surface area (Å²) in [6, 6.07) is 5.45. The summed E-state index contributed by atoms with van der Waals surface area (Å²) < 4.78 is 4.80. The molecular formula is C14H19ClN2O3S. The molecule has 116 valence electrons. The van der Waals surface area contributed by atoms with Gasteiger partial charge in [-0.05, 0) is 56.8 Å². The highest BCUT2D eigenvalue weighted by molar-refractivity contribution is 7.80. The lowest BCUT2D eigenvalue weighted by atomic mass is 10.2. The van der Waals surface area contributed by atoms with Crippen molar-refractivity contribution in [2.75, 3.05) is 25.1 Å². The molecule has 0 bridgehead atoms. The maximum absolute atomic E-state index is 11.3. The smallest absolute Gasteiger partial charge is 0.334 e. The molecule has 0 aromatic heterocycles. The van der Waals surface area contributed by atoms with Crippen LogP contribution in [-0.4, -0.2) is 35.9 Å². The highest BCUT2D eigenvalue weighted by Crippen LogP contribution is 2.20. The average molecular weight is 331 g/mol. The van der Waals surface area contributed by atoms with Gasteiger partial charge < -0.3 is 10.1 Å². The average Bonchev–Trinajstić information content (AvgIpc) is 2.43. The van der Waals surface area contributed by atoms with Crippen LogP contribution in [-0.2, 0) is 14.4 Å². The van der Waals surface area contributed by atoms with Crippen LogP contribution in [0.25, 0.3) is 0 Å². The van der Waals surface area contributed by atoms with Crippen LogP contribution in [0.2, 0.25) is 5.02 Å². The molecule has 0 aliphatic rings. The fourth-order valence-corrected chi connectivity index (χ4v) is 2.09. The first-order valence-electron chi connectivity index (χ1n) is 6.61. The van der Waals surface area contributed by atoms with E-state index in [2.05, 4.69) is 5.32 Å². The van der Waals surface area contributed by atoms with E-state index < -0.39 is 5.97 Å². The third-order valence-electron chi connectivity index (χ3n) is 2.59. The lowest BCUT2D eigenvalue weighted by molar-refractivity contribution is -0.164. The number of hydrogen-bond donors (Lipinski definition) is 1. The van der Waals surface area contributed by atoms with Gasteiger partial charge in [0.15, 0.2) is 11.7 Å². The summed E-state index contributed by atoms with van der Waals surface area (Å²) in [5.74, 6) is -0.429. The number of thiocarbonyl (C=S) groups is 1. The van der Waals surface area contributed by atoms with Crippen molar-refractivity contribution in [3.8, 4) is 0 Å². The van der Waals surface area contributed by atoms with Crippen molar-refractivity contribution in [1.82, 2.24) is 5.06 Å². The van der Waals surface area contributed by atoms with Gasteiger partial charge in [0.2, 0.25) is 0 Å². The number of esters is 1. The van der Waals surface area contributed by atoms with Gasteiger partial charge >= 0.3 is 5.97 Å². The molecule has 1 rings (SSSR count). The molecule has 0 saturated heterocycles. The Labute approximate surface area is 135 Å². The maximum Gasteiger partial charge on any atom is 0.334 e. The van der Waals surface area contributed by atoms with Crippen molar-refractivity contribution in [3.63, 3.8) is 0 Å². The summed E-state index contributed by atoms with van der Waals surface area (Å²) in [4.78, 5) is 16.6. The summed E-state index contributed by atoms with van der Waals surface area (Å²) in [6.07, 6.45) is 0. The van der Waals surface area contributed by atoms with Gasteiger partial charge in [-0.25, -0.2) is 9.86 Å². The third kappa shape index (κ3) is 5.87. The zero-order chi connectivity index (χ0) is 15.8. The summed E-state index contributed by atoms with van der Waals surface area (Å²) in [5, 5.41) is 5.53. The first kappa shape index (κ1) is 17.7. The molecule has 0 aliphatic carbocycles. The normalized spacial score (nSPS) is 10.1. The molecule has 21 heavy (non-hydrogen) atoms. The lowest BCUT2D eigenvalue weighted by Crippen LogP contribution is -2.36. The Kier molecular flexibility index (Phi) is 7.42. The fourth-order valence-electron chi connectivity index (χ4n) is 1.57. The minimum Gasteiger partial charge on any atom is -0.464 e. The SMILES string of the molecule is CCOC(=O)CON(CC)C(=S)Nc1ccc(Cl)cc1C. The zero-order valence-corrected chi connectivity index (χ0v) is 13.9. The third-order valence-corrected chi connectivity index (χ3v) is 3.13. The van der Waals surface area contributed by atoms with Crippen LogP contribution < -0.4 is 5.32 Å². The molecule has 0 spiro atoms. The predicted molar refractivity (Wildman–Crippen MR) is 87.4 cm³/mol. The highest BCUT2D eigenvalue weighted by atomic mass is 35.5. The van der Waals surface area contributed by atoms with Crippen LogP contribution >= 0.6 is 23.8 Å². The Morgan fingerprint density at radius 1 is 1.43 bits per heavy atom. The van der Waals surface area contributed by atoms with Gasteiger partial charge in [0.1, 0.15) is 0 Å². The van der Waals surface area contributed by atoms with Gasteiger partial charge in [-0.1, -0.05) is 11.6 Å². The van der Waals surface area contributed by atoms with E-state index in [0.29, 0.717) is 23.3 Å². The molecule has 0 unspecified atom stereocenters. The van der Waals surface area contributed by atoms with Crippen molar-refractivity contribution in [3.05, 3.63) is 28.8 Å². The largest absolute Gasteiger partial charge is 0.464 e. The Bertz CT molecular complexity index is 511. The number of carbonyl (C=O) groups is 1. The quantitative estimate of drug-likeness (QED) is 0.491. The Morgan fingerprint density at radius 3 is 2.71 bits per heavy atom. The number of carbonyl (C=O) groups excluding carboxylic acids is 1. The first-order valence-corrected chi connectivity index (χ1v) is 7.39. The number of rotatable bonds is 6. The van der Waals surface area contributed by atoms with Crippen LogP contribution in [0.15, 0.2) is 18.2 Å². The van der Waals surface area contributed by atoms with Crippen LogP contribution in [0.5, 0.6) is 0 Å². The molecule has 0 amide bonds. The van der Waals surface area contributed by atoms with Crippen molar-refractivity contribution in [2.45, 2.75) is 20.8 Å². The van der Waals surface area contributed by atoms with Gasteiger partial charge in [-0.2, -0.15) is 0 Å². The van der Waals surface area contributed by atoms with Crippen LogP contribution in [0, 0.1) is 6.92 Å². The van der Waals surface area contributed by atoms with Crippen molar-refractivity contribution < 1.29 is 14.4 Å². The number of hydrogen-bond acceptors (Lipinski definition) is 4. The number of anilines is 1. The van der Waals surface area contributed by atoms with E-state index >= 15 is 0 Å². The molecule has 1 aromatic carbocycles. The van der Waals surface area contributed by atoms with Crippen LogP contribution in [0.1, 0.15) is 19.4 Å². The van der Waals surface area contributed by atoms with Crippen LogP contribution in [0.4, 0.5) is 5.69 Å². The van der Waals surface area contributed by atoms with Gasteiger partial charge in [0.05, 0.1) is 6.61 Å². The molecule has 0 saturated carbocycles. The van der Waals surface area contributed by atoms with Gasteiger partial charge in [-0.3, -0.25) is 4.84 Å². The summed E-state index contributed by atoms with van der Waals surface area (Å²) >= 11 is 11.2. The van der Waals surface area contributed by atoms with E-state index in [4.69, 9.17) is 33.4 Å². The van der Waals surface area contributed by atoms with Gasteiger partial charge in [-0.15, -0.1) is 0 Å². The molecule has 1 N–H and O–H groups in total. The zero-order valence-electron chi connectivity index (χ0n) is 12.3. The Morgan fingerprint density at radius 2 is 2.14 bits per heavy atom. The Hall–Kier alpha value is -1.37. The topological polar surface area (TPSA) is 50.8 Å². The van der Waals surface area contributed by atoms with E-state index in [1.807, 2.05) is 26.0 Å². The summed E-state index contributed by atoms with van der Waals surface area (Å²) in [6.45, 7) is 6.17. The lowest BCUT2D eigenvalue weighted by Gasteiger charge is -2.23. The van der Waals surface area contributed by atoms with E-state index in [0.717, 1.165) is 11.3 Å². The summed E-state index contributed by atoms with van der Waals surface area (Å²) in [5.41, 5.74) is 1.80.